The minimum absolute atomic E-state index is 0.0141. The molecule has 2 atom stereocenters. The van der Waals surface area contributed by atoms with E-state index in [1.807, 2.05) is 18.2 Å². The lowest BCUT2D eigenvalue weighted by molar-refractivity contribution is -0.134. The number of amides is 1. The zero-order valence-electron chi connectivity index (χ0n) is 10.8. The molecule has 0 radical (unpaired) electrons. The molecule has 104 valence electrons. The monoisotopic (exact) mass is 282 g/mol. The van der Waals surface area contributed by atoms with E-state index < -0.39 is 15.9 Å². The van der Waals surface area contributed by atoms with Crippen LogP contribution in [0.1, 0.15) is 18.5 Å². The van der Waals surface area contributed by atoms with Crippen molar-refractivity contribution in [3.05, 3.63) is 35.9 Å². The molecule has 1 amide bonds. The van der Waals surface area contributed by atoms with Gasteiger partial charge in [0.2, 0.25) is 5.91 Å². The highest BCUT2D eigenvalue weighted by Gasteiger charge is 2.33. The van der Waals surface area contributed by atoms with Crippen LogP contribution < -0.4 is 5.73 Å². The van der Waals surface area contributed by atoms with Gasteiger partial charge < -0.3 is 10.6 Å². The quantitative estimate of drug-likeness (QED) is 0.847. The maximum Gasteiger partial charge on any atom is 0.244 e. The predicted molar refractivity (Wildman–Crippen MR) is 73.2 cm³/mol. The number of sulfone groups is 1. The smallest absolute Gasteiger partial charge is 0.244 e. The first-order chi connectivity index (χ1) is 8.91. The topological polar surface area (TPSA) is 80.5 Å². The number of nitrogens with zero attached hydrogens (tertiary/aromatic N) is 1. The van der Waals surface area contributed by atoms with Gasteiger partial charge in [-0.25, -0.2) is 8.42 Å². The molecule has 0 unspecified atom stereocenters. The molecule has 0 saturated carbocycles. The zero-order valence-corrected chi connectivity index (χ0v) is 11.6. The van der Waals surface area contributed by atoms with E-state index in [2.05, 4.69) is 0 Å². The third-order valence-electron chi connectivity index (χ3n) is 3.38. The van der Waals surface area contributed by atoms with Crippen molar-refractivity contribution in [1.82, 2.24) is 4.90 Å². The molecule has 1 aliphatic rings. The van der Waals surface area contributed by atoms with Gasteiger partial charge in [0.05, 0.1) is 11.5 Å². The summed E-state index contributed by atoms with van der Waals surface area (Å²) in [4.78, 5) is 13.9. The average Bonchev–Trinajstić information content (AvgIpc) is 2.37. The minimum atomic E-state index is -3.02. The molecular formula is C13H18N2O3S. The van der Waals surface area contributed by atoms with Gasteiger partial charge in [-0.2, -0.15) is 0 Å². The number of carbonyl (C=O) groups excluding carboxylic acids is 1. The first-order valence-corrected chi connectivity index (χ1v) is 8.04. The highest BCUT2D eigenvalue weighted by molar-refractivity contribution is 7.91. The largest absolute Gasteiger partial charge is 0.336 e. The molecule has 2 rings (SSSR count). The minimum Gasteiger partial charge on any atom is -0.336 e. The fourth-order valence-electron chi connectivity index (χ4n) is 2.31. The van der Waals surface area contributed by atoms with Crippen LogP contribution in [0.2, 0.25) is 0 Å². The third kappa shape index (κ3) is 3.13. The molecular weight excluding hydrogens is 264 g/mol. The summed E-state index contributed by atoms with van der Waals surface area (Å²) in [5.41, 5.74) is 6.70. The molecule has 0 aromatic heterocycles. The molecule has 2 N–H and O–H groups in total. The molecule has 19 heavy (non-hydrogen) atoms. The number of nitrogens with two attached hydrogens (primary N) is 1. The first kappa shape index (κ1) is 14.0. The number of carbonyl (C=O) groups is 1. The van der Waals surface area contributed by atoms with Crippen LogP contribution in [-0.4, -0.2) is 43.3 Å². The average molecular weight is 282 g/mol. The van der Waals surface area contributed by atoms with Gasteiger partial charge in [-0.15, -0.1) is 0 Å². The van der Waals surface area contributed by atoms with Crippen molar-refractivity contribution in [3.63, 3.8) is 0 Å². The van der Waals surface area contributed by atoms with E-state index in [0.717, 1.165) is 5.56 Å². The van der Waals surface area contributed by atoms with E-state index in [-0.39, 0.29) is 30.0 Å². The Labute approximate surface area is 113 Å². The maximum absolute atomic E-state index is 12.3. The lowest BCUT2D eigenvalue weighted by atomic mass is 10.1. The van der Waals surface area contributed by atoms with Crippen molar-refractivity contribution in [2.45, 2.75) is 19.0 Å². The predicted octanol–water partition coefficient (Wildman–Crippen LogP) is 0.332. The number of hydrogen-bond donors (Lipinski definition) is 1. The van der Waals surface area contributed by atoms with Crippen LogP contribution in [0.5, 0.6) is 0 Å². The Hall–Kier alpha value is -1.40. The Bertz CT molecular complexity index is 557. The molecule has 1 saturated heterocycles. The van der Waals surface area contributed by atoms with Crippen LogP contribution >= 0.6 is 0 Å². The van der Waals surface area contributed by atoms with E-state index in [1.54, 1.807) is 24.0 Å². The Morgan fingerprint density at radius 1 is 1.37 bits per heavy atom. The van der Waals surface area contributed by atoms with Gasteiger partial charge in [-0.05, 0) is 12.5 Å². The van der Waals surface area contributed by atoms with Crippen molar-refractivity contribution in [3.8, 4) is 0 Å². The Morgan fingerprint density at radius 2 is 2.00 bits per heavy atom. The molecule has 1 aromatic rings. The summed E-state index contributed by atoms with van der Waals surface area (Å²) in [6.45, 7) is 1.97. The van der Waals surface area contributed by atoms with E-state index in [4.69, 9.17) is 5.73 Å². The van der Waals surface area contributed by atoms with Crippen LogP contribution in [-0.2, 0) is 14.6 Å². The fourth-order valence-corrected chi connectivity index (χ4v) is 3.86. The van der Waals surface area contributed by atoms with Crippen molar-refractivity contribution >= 4 is 15.7 Å². The van der Waals surface area contributed by atoms with Gasteiger partial charge >= 0.3 is 0 Å². The van der Waals surface area contributed by atoms with Crippen LogP contribution in [0.3, 0.4) is 0 Å². The highest BCUT2D eigenvalue weighted by atomic mass is 32.2. The van der Waals surface area contributed by atoms with Crippen molar-refractivity contribution in [2.75, 3.05) is 18.1 Å². The number of rotatable bonds is 2. The van der Waals surface area contributed by atoms with Gasteiger partial charge in [0.1, 0.15) is 6.04 Å². The maximum atomic E-state index is 12.3. The molecule has 5 nitrogen and oxygen atoms in total. The third-order valence-corrected chi connectivity index (χ3v) is 5.17. The van der Waals surface area contributed by atoms with Crippen LogP contribution in [0.4, 0.5) is 0 Å². The first-order valence-electron chi connectivity index (χ1n) is 6.22. The van der Waals surface area contributed by atoms with Crippen molar-refractivity contribution in [1.29, 1.82) is 0 Å². The summed E-state index contributed by atoms with van der Waals surface area (Å²) in [6, 6.07) is 8.06. The van der Waals surface area contributed by atoms with Gasteiger partial charge in [0.15, 0.2) is 9.84 Å². The van der Waals surface area contributed by atoms with Gasteiger partial charge in [-0.3, -0.25) is 4.79 Å². The molecule has 0 spiro atoms. The summed E-state index contributed by atoms with van der Waals surface area (Å²) in [6.07, 6.45) is 0. The van der Waals surface area contributed by atoms with Gasteiger partial charge in [0, 0.05) is 12.6 Å². The number of benzene rings is 1. The zero-order chi connectivity index (χ0) is 14.0. The summed E-state index contributed by atoms with van der Waals surface area (Å²) < 4.78 is 23.0. The standard InChI is InChI=1S/C13H18N2O3S/c1-10-9-19(17,18)8-7-15(10)13(16)12(14)11-5-3-2-4-6-11/h2-6,10,12H,7-9,14H2,1H3/t10-,12-/m0/s1. The normalized spacial score (nSPS) is 23.9. The van der Waals surface area contributed by atoms with Gasteiger partial charge in [0.25, 0.3) is 0 Å². The van der Waals surface area contributed by atoms with Crippen LogP contribution in [0.15, 0.2) is 30.3 Å². The Morgan fingerprint density at radius 3 is 2.58 bits per heavy atom. The lowest BCUT2D eigenvalue weighted by Crippen LogP contribution is -2.52. The SMILES string of the molecule is C[C@H]1CS(=O)(=O)CCN1C(=O)[C@@H](N)c1ccccc1. The molecule has 1 fully saturated rings. The summed E-state index contributed by atoms with van der Waals surface area (Å²) in [5.74, 6) is -0.182. The second-order valence-electron chi connectivity index (χ2n) is 4.88. The van der Waals surface area contributed by atoms with Crippen LogP contribution in [0, 0.1) is 0 Å². The fraction of sp³-hybridized carbons (Fsp3) is 0.462. The molecule has 0 bridgehead atoms. The Balaban J connectivity index is 2.12. The van der Waals surface area contributed by atoms with E-state index >= 15 is 0 Å². The van der Waals surface area contributed by atoms with Crippen molar-refractivity contribution in [2.24, 2.45) is 5.73 Å². The van der Waals surface area contributed by atoms with E-state index in [0.29, 0.717) is 0 Å². The molecule has 6 heteroatoms. The molecule has 1 aromatic carbocycles. The summed E-state index contributed by atoms with van der Waals surface area (Å²) in [5, 5.41) is 0. The second kappa shape index (κ2) is 5.30. The van der Waals surface area contributed by atoms with E-state index in [9.17, 15) is 13.2 Å². The number of hydrogen-bond acceptors (Lipinski definition) is 4. The van der Waals surface area contributed by atoms with Crippen LogP contribution in [0.25, 0.3) is 0 Å². The van der Waals surface area contributed by atoms with Gasteiger partial charge in [-0.1, -0.05) is 30.3 Å². The Kier molecular flexibility index (Phi) is 3.91. The molecule has 1 heterocycles. The van der Waals surface area contributed by atoms with E-state index in [1.165, 1.54) is 0 Å². The van der Waals surface area contributed by atoms with Crippen molar-refractivity contribution < 1.29 is 13.2 Å². The summed E-state index contributed by atoms with van der Waals surface area (Å²) >= 11 is 0. The summed E-state index contributed by atoms with van der Waals surface area (Å²) in [7, 11) is -3.02. The highest BCUT2D eigenvalue weighted by Crippen LogP contribution is 2.18. The lowest BCUT2D eigenvalue weighted by Gasteiger charge is -2.34. The second-order valence-corrected chi connectivity index (χ2v) is 7.11. The molecule has 0 aliphatic carbocycles. The molecule has 1 aliphatic heterocycles.